The van der Waals surface area contributed by atoms with Gasteiger partial charge in [0, 0.05) is 11.0 Å². The topological polar surface area (TPSA) is 17.1 Å². The van der Waals surface area contributed by atoms with Crippen LogP contribution in [-0.2, 0) is 4.79 Å². The summed E-state index contributed by atoms with van der Waals surface area (Å²) < 4.78 is 0. The average molecular weight is 216 g/mol. The monoisotopic (exact) mass is 216 g/mol. The maximum atomic E-state index is 12.2. The fourth-order valence-corrected chi connectivity index (χ4v) is 3.21. The predicted octanol–water partition coefficient (Wildman–Crippen LogP) is 3.97. The fourth-order valence-electron chi connectivity index (χ4n) is 3.21. The highest BCUT2D eigenvalue weighted by Gasteiger charge is 2.40. The molecule has 0 heterocycles. The number of carbonyl (C=O) groups is 1. The van der Waals surface area contributed by atoms with Gasteiger partial charge >= 0.3 is 0 Å². The second kappa shape index (κ2) is 4.40. The van der Waals surface area contributed by atoms with Gasteiger partial charge in [-0.1, -0.05) is 23.8 Å². The smallest absolute Gasteiger partial charge is 0.182 e. The minimum Gasteiger partial charge on any atom is -0.290 e. The second-order valence-electron chi connectivity index (χ2n) is 5.03. The zero-order valence-electron chi connectivity index (χ0n) is 10.3. The average Bonchev–Trinajstić information content (AvgIpc) is 2.67. The van der Waals surface area contributed by atoms with Gasteiger partial charge in [-0.2, -0.15) is 0 Å². The van der Waals surface area contributed by atoms with E-state index in [-0.39, 0.29) is 11.2 Å². The molecular formula is C15H20O. The first-order valence-corrected chi connectivity index (χ1v) is 6.22. The van der Waals surface area contributed by atoms with Crippen LogP contribution in [0.4, 0.5) is 0 Å². The Bertz CT molecular complexity index is 374. The van der Waals surface area contributed by atoms with Crippen LogP contribution in [0.2, 0.25) is 0 Å². The lowest BCUT2D eigenvalue weighted by atomic mass is 9.67. The predicted molar refractivity (Wildman–Crippen MR) is 67.2 cm³/mol. The third-order valence-corrected chi connectivity index (χ3v) is 3.91. The Morgan fingerprint density at radius 2 is 2.06 bits per heavy atom. The molecule has 0 aromatic rings. The summed E-state index contributed by atoms with van der Waals surface area (Å²) >= 11 is 0. The van der Waals surface area contributed by atoms with Crippen molar-refractivity contribution in [2.24, 2.45) is 5.41 Å². The van der Waals surface area contributed by atoms with Crippen LogP contribution in [0, 0.1) is 5.41 Å². The molecule has 0 unspecified atom stereocenters. The third-order valence-electron chi connectivity index (χ3n) is 3.91. The van der Waals surface area contributed by atoms with Crippen molar-refractivity contribution in [1.29, 1.82) is 0 Å². The van der Waals surface area contributed by atoms with Gasteiger partial charge < -0.3 is 0 Å². The Kier molecular flexibility index (Phi) is 3.13. The lowest BCUT2D eigenvalue weighted by Crippen LogP contribution is -2.28. The Hall–Kier alpha value is -1.11. The summed E-state index contributed by atoms with van der Waals surface area (Å²) in [4.78, 5) is 12.2. The first kappa shape index (κ1) is 11.4. The summed E-state index contributed by atoms with van der Waals surface area (Å²) in [6.07, 6.45) is 13.7. The summed E-state index contributed by atoms with van der Waals surface area (Å²) in [7, 11) is 0. The quantitative estimate of drug-likeness (QED) is 0.504. The second-order valence-corrected chi connectivity index (χ2v) is 5.03. The van der Waals surface area contributed by atoms with Gasteiger partial charge in [0.25, 0.3) is 0 Å². The zero-order valence-corrected chi connectivity index (χ0v) is 10.3. The van der Waals surface area contributed by atoms with E-state index < -0.39 is 0 Å². The van der Waals surface area contributed by atoms with Crippen molar-refractivity contribution in [1.82, 2.24) is 0 Å². The summed E-state index contributed by atoms with van der Waals surface area (Å²) in [5.41, 5.74) is 2.58. The Labute approximate surface area is 97.9 Å². The number of hydrogen-bond acceptors (Lipinski definition) is 1. The van der Waals surface area contributed by atoms with Crippen molar-refractivity contribution in [2.75, 3.05) is 0 Å². The summed E-state index contributed by atoms with van der Waals surface area (Å²) in [5.74, 6) is 0.239. The molecule has 0 fully saturated rings. The highest BCUT2D eigenvalue weighted by molar-refractivity contribution is 6.05. The SMILES string of the molecule is C/C=C/C(=O)C1=C(C)CCCC12CC=CC2. The molecule has 1 nitrogen and oxygen atoms in total. The van der Waals surface area contributed by atoms with E-state index in [0.29, 0.717) is 0 Å². The molecule has 2 aliphatic carbocycles. The summed E-state index contributed by atoms with van der Waals surface area (Å²) in [5, 5.41) is 0. The highest BCUT2D eigenvalue weighted by Crippen LogP contribution is 2.49. The minimum absolute atomic E-state index is 0.152. The zero-order chi connectivity index (χ0) is 11.6. The molecule has 2 aliphatic rings. The number of allylic oxidation sites excluding steroid dienone is 6. The van der Waals surface area contributed by atoms with Gasteiger partial charge in [0.15, 0.2) is 5.78 Å². The molecule has 0 saturated carbocycles. The minimum atomic E-state index is 0.152. The van der Waals surface area contributed by atoms with E-state index in [4.69, 9.17) is 0 Å². The largest absolute Gasteiger partial charge is 0.290 e. The molecule has 0 aliphatic heterocycles. The van der Waals surface area contributed by atoms with Gasteiger partial charge in [-0.05, 0) is 52.0 Å². The van der Waals surface area contributed by atoms with E-state index in [0.717, 1.165) is 24.8 Å². The van der Waals surface area contributed by atoms with Gasteiger partial charge in [0.1, 0.15) is 0 Å². The van der Waals surface area contributed by atoms with E-state index in [1.54, 1.807) is 6.08 Å². The summed E-state index contributed by atoms with van der Waals surface area (Å²) in [6, 6.07) is 0. The Balaban J connectivity index is 2.39. The summed E-state index contributed by atoms with van der Waals surface area (Å²) in [6.45, 7) is 4.05. The van der Waals surface area contributed by atoms with Gasteiger partial charge in [0.2, 0.25) is 0 Å². The normalized spacial score (nSPS) is 23.6. The molecule has 16 heavy (non-hydrogen) atoms. The van der Waals surface area contributed by atoms with Crippen LogP contribution in [0.15, 0.2) is 35.5 Å². The molecule has 0 N–H and O–H groups in total. The molecule has 2 rings (SSSR count). The van der Waals surface area contributed by atoms with Crippen LogP contribution < -0.4 is 0 Å². The van der Waals surface area contributed by atoms with Crippen LogP contribution in [0.25, 0.3) is 0 Å². The molecule has 0 amide bonds. The van der Waals surface area contributed by atoms with Gasteiger partial charge in [-0.25, -0.2) is 0 Å². The highest BCUT2D eigenvalue weighted by atomic mass is 16.1. The van der Waals surface area contributed by atoms with Crippen LogP contribution >= 0.6 is 0 Å². The van der Waals surface area contributed by atoms with E-state index in [2.05, 4.69) is 19.1 Å². The van der Waals surface area contributed by atoms with Crippen molar-refractivity contribution in [2.45, 2.75) is 46.0 Å². The molecule has 0 atom stereocenters. The molecule has 1 spiro atoms. The maximum Gasteiger partial charge on any atom is 0.182 e. The van der Waals surface area contributed by atoms with Gasteiger partial charge in [-0.3, -0.25) is 4.79 Å². The molecule has 0 aromatic heterocycles. The first-order chi connectivity index (χ1) is 7.69. The molecule has 0 aromatic carbocycles. The third kappa shape index (κ3) is 1.79. The van der Waals surface area contributed by atoms with Crippen molar-refractivity contribution in [3.8, 4) is 0 Å². The van der Waals surface area contributed by atoms with E-state index in [1.165, 1.54) is 18.4 Å². The maximum absolute atomic E-state index is 12.2. The first-order valence-electron chi connectivity index (χ1n) is 6.22. The van der Waals surface area contributed by atoms with E-state index >= 15 is 0 Å². The molecule has 0 bridgehead atoms. The van der Waals surface area contributed by atoms with Crippen LogP contribution in [0.5, 0.6) is 0 Å². The molecule has 1 heteroatoms. The molecule has 0 radical (unpaired) electrons. The lowest BCUT2D eigenvalue weighted by molar-refractivity contribution is -0.112. The number of carbonyl (C=O) groups excluding carboxylic acids is 1. The van der Waals surface area contributed by atoms with Crippen molar-refractivity contribution < 1.29 is 4.79 Å². The Morgan fingerprint density at radius 1 is 1.38 bits per heavy atom. The number of rotatable bonds is 2. The molecule has 86 valence electrons. The number of ketones is 1. The standard InChI is InChI=1S/C15H20O/c1-3-7-13(16)14-12(2)8-6-11-15(14)9-4-5-10-15/h3-5,7H,6,8-11H2,1-2H3/b7-3+. The molecule has 0 saturated heterocycles. The van der Waals surface area contributed by atoms with Crippen LogP contribution in [0.3, 0.4) is 0 Å². The van der Waals surface area contributed by atoms with E-state index in [1.807, 2.05) is 13.0 Å². The van der Waals surface area contributed by atoms with Crippen molar-refractivity contribution >= 4 is 5.78 Å². The fraction of sp³-hybridized carbons (Fsp3) is 0.533. The number of hydrogen-bond donors (Lipinski definition) is 0. The van der Waals surface area contributed by atoms with E-state index in [9.17, 15) is 4.79 Å². The van der Waals surface area contributed by atoms with Crippen LogP contribution in [0.1, 0.15) is 46.0 Å². The Morgan fingerprint density at radius 3 is 2.69 bits per heavy atom. The van der Waals surface area contributed by atoms with Crippen LogP contribution in [-0.4, -0.2) is 5.78 Å². The van der Waals surface area contributed by atoms with Crippen molar-refractivity contribution in [3.05, 3.63) is 35.5 Å². The lowest BCUT2D eigenvalue weighted by Gasteiger charge is -2.36. The van der Waals surface area contributed by atoms with Gasteiger partial charge in [-0.15, -0.1) is 0 Å². The van der Waals surface area contributed by atoms with Crippen molar-refractivity contribution in [3.63, 3.8) is 0 Å². The molecular weight excluding hydrogens is 196 g/mol. The van der Waals surface area contributed by atoms with Gasteiger partial charge in [0.05, 0.1) is 0 Å².